The summed E-state index contributed by atoms with van der Waals surface area (Å²) in [6, 6.07) is -0.384. The van der Waals surface area contributed by atoms with Crippen molar-refractivity contribution in [2.24, 2.45) is 5.73 Å². The van der Waals surface area contributed by atoms with Crippen LogP contribution in [0.1, 0.15) is 31.2 Å². The Morgan fingerprint density at radius 1 is 1.77 bits per heavy atom. The molecule has 0 fully saturated rings. The van der Waals surface area contributed by atoms with E-state index >= 15 is 0 Å². The van der Waals surface area contributed by atoms with E-state index in [1.165, 1.54) is 0 Å². The van der Waals surface area contributed by atoms with Crippen molar-refractivity contribution < 1.29 is 4.42 Å². The maximum absolute atomic E-state index is 5.65. The summed E-state index contributed by atoms with van der Waals surface area (Å²) >= 11 is 0. The van der Waals surface area contributed by atoms with E-state index in [0.29, 0.717) is 23.8 Å². The predicted molar refractivity (Wildman–Crippen MR) is 49.4 cm³/mol. The van der Waals surface area contributed by atoms with Crippen LogP contribution in [0.2, 0.25) is 0 Å². The van der Waals surface area contributed by atoms with Crippen LogP contribution in [0.25, 0.3) is 5.57 Å². The van der Waals surface area contributed by atoms with Crippen LogP contribution in [0.15, 0.2) is 11.0 Å². The predicted octanol–water partition coefficient (Wildman–Crippen LogP) is 1.13. The summed E-state index contributed by atoms with van der Waals surface area (Å²) in [6.45, 7) is 5.45. The summed E-state index contributed by atoms with van der Waals surface area (Å²) in [5.41, 5.74) is 6.37. The fourth-order valence-corrected chi connectivity index (χ4v) is 0.771. The van der Waals surface area contributed by atoms with Gasteiger partial charge in [-0.3, -0.25) is 0 Å². The molecule has 4 nitrogen and oxygen atoms in total. The van der Waals surface area contributed by atoms with Gasteiger partial charge in [0.15, 0.2) is 0 Å². The van der Waals surface area contributed by atoms with Crippen LogP contribution < -0.4 is 5.73 Å². The molecular weight excluding hydrogens is 166 g/mol. The molecule has 0 amide bonds. The molecule has 0 saturated heterocycles. The Kier molecular flexibility index (Phi) is 2.83. The van der Waals surface area contributed by atoms with Gasteiger partial charge >= 0.3 is 0 Å². The zero-order valence-electron chi connectivity index (χ0n) is 7.45. The Balaban J connectivity index is 2.80. The number of nitrogens with two attached hydrogens (primary N) is 1. The highest BCUT2D eigenvalue weighted by atomic mass is 16.4. The molecule has 1 aromatic heterocycles. The summed E-state index contributed by atoms with van der Waals surface area (Å²) in [5, 5.41) is 7.51. The summed E-state index contributed by atoms with van der Waals surface area (Å²) in [6.07, 6.45) is 5.48. The van der Waals surface area contributed by atoms with E-state index < -0.39 is 0 Å². The highest BCUT2D eigenvalue weighted by Crippen LogP contribution is 2.15. The van der Waals surface area contributed by atoms with Gasteiger partial charge in [0, 0.05) is 12.0 Å². The number of rotatable bonds is 3. The zero-order chi connectivity index (χ0) is 9.84. The molecule has 1 heterocycles. The summed E-state index contributed by atoms with van der Waals surface area (Å²) in [5.74, 6) is 3.19. The van der Waals surface area contributed by atoms with E-state index in [9.17, 15) is 0 Å². The molecule has 68 valence electrons. The van der Waals surface area contributed by atoms with Gasteiger partial charge in [0.1, 0.15) is 0 Å². The van der Waals surface area contributed by atoms with Crippen molar-refractivity contribution in [2.75, 3.05) is 0 Å². The first kappa shape index (κ1) is 9.49. The third-order valence-electron chi connectivity index (χ3n) is 1.46. The Morgan fingerprint density at radius 2 is 2.46 bits per heavy atom. The second-order valence-electron chi connectivity index (χ2n) is 2.74. The molecule has 0 radical (unpaired) electrons. The molecule has 4 heteroatoms. The van der Waals surface area contributed by atoms with Crippen molar-refractivity contribution in [1.82, 2.24) is 10.2 Å². The molecule has 1 aromatic rings. The molecule has 1 unspecified atom stereocenters. The fourth-order valence-electron chi connectivity index (χ4n) is 0.771. The number of nitrogens with zero attached hydrogens (tertiary/aromatic N) is 2. The van der Waals surface area contributed by atoms with Crippen molar-refractivity contribution in [2.45, 2.75) is 19.4 Å². The van der Waals surface area contributed by atoms with E-state index in [1.807, 2.05) is 0 Å². The van der Waals surface area contributed by atoms with Crippen molar-refractivity contribution in [3.63, 3.8) is 0 Å². The normalized spacial score (nSPS) is 12.1. The average molecular weight is 177 g/mol. The van der Waals surface area contributed by atoms with Gasteiger partial charge in [-0.05, 0) is 6.92 Å². The van der Waals surface area contributed by atoms with Crippen LogP contribution in [0, 0.1) is 12.3 Å². The first-order valence-electron chi connectivity index (χ1n) is 3.83. The monoisotopic (exact) mass is 177 g/mol. The smallest absolute Gasteiger partial charge is 0.242 e. The van der Waals surface area contributed by atoms with Crippen LogP contribution in [-0.2, 0) is 0 Å². The van der Waals surface area contributed by atoms with Crippen LogP contribution >= 0.6 is 0 Å². The first-order valence-corrected chi connectivity index (χ1v) is 3.83. The summed E-state index contributed by atoms with van der Waals surface area (Å²) in [7, 11) is 0. The SMILES string of the molecule is C#CCC(N)c1nnc(C(=C)C)o1. The van der Waals surface area contributed by atoms with Crippen LogP contribution in [0.4, 0.5) is 0 Å². The molecule has 0 saturated carbocycles. The van der Waals surface area contributed by atoms with Gasteiger partial charge in [-0.25, -0.2) is 0 Å². The van der Waals surface area contributed by atoms with E-state index in [0.717, 1.165) is 0 Å². The minimum atomic E-state index is -0.384. The highest BCUT2D eigenvalue weighted by molar-refractivity contribution is 5.51. The molecule has 1 atom stereocenters. The second-order valence-corrected chi connectivity index (χ2v) is 2.74. The number of terminal acetylenes is 1. The number of aromatic nitrogens is 2. The van der Waals surface area contributed by atoms with Crippen LogP contribution in [0.3, 0.4) is 0 Å². The summed E-state index contributed by atoms with van der Waals surface area (Å²) in [4.78, 5) is 0. The van der Waals surface area contributed by atoms with Crippen LogP contribution in [-0.4, -0.2) is 10.2 Å². The van der Waals surface area contributed by atoms with Gasteiger partial charge in [0.25, 0.3) is 0 Å². The van der Waals surface area contributed by atoms with Gasteiger partial charge in [-0.1, -0.05) is 6.58 Å². The molecule has 0 aliphatic heterocycles. The third kappa shape index (κ3) is 2.17. The number of allylic oxidation sites excluding steroid dienone is 1. The second kappa shape index (κ2) is 3.87. The molecular formula is C9H11N3O. The summed E-state index contributed by atoms with van der Waals surface area (Å²) < 4.78 is 5.22. The van der Waals surface area contributed by atoms with E-state index in [4.69, 9.17) is 16.6 Å². The standard InChI is InChI=1S/C9H11N3O/c1-4-5-7(10)9-12-11-8(13-9)6(2)3/h1,7H,2,5,10H2,3H3. The quantitative estimate of drug-likeness (QED) is 0.703. The van der Waals surface area contributed by atoms with Gasteiger partial charge in [0.05, 0.1) is 6.04 Å². The zero-order valence-corrected chi connectivity index (χ0v) is 7.45. The van der Waals surface area contributed by atoms with Crippen molar-refractivity contribution in [1.29, 1.82) is 0 Å². The maximum atomic E-state index is 5.65. The Morgan fingerprint density at radius 3 is 2.92 bits per heavy atom. The Bertz CT molecular complexity index is 348. The van der Waals surface area contributed by atoms with Crippen molar-refractivity contribution >= 4 is 5.57 Å². The lowest BCUT2D eigenvalue weighted by molar-refractivity contribution is 0.444. The first-order chi connectivity index (χ1) is 6.15. The molecule has 13 heavy (non-hydrogen) atoms. The maximum Gasteiger partial charge on any atom is 0.242 e. The van der Waals surface area contributed by atoms with E-state index in [2.05, 4.69) is 22.7 Å². The largest absolute Gasteiger partial charge is 0.419 e. The third-order valence-corrected chi connectivity index (χ3v) is 1.46. The molecule has 0 spiro atoms. The Labute approximate surface area is 76.8 Å². The lowest BCUT2D eigenvalue weighted by atomic mass is 10.2. The topological polar surface area (TPSA) is 64.9 Å². The fraction of sp³-hybridized carbons (Fsp3) is 0.333. The number of hydrogen-bond acceptors (Lipinski definition) is 4. The number of hydrogen-bond donors (Lipinski definition) is 1. The van der Waals surface area contributed by atoms with E-state index in [1.54, 1.807) is 6.92 Å². The average Bonchev–Trinajstić information content (AvgIpc) is 2.52. The molecule has 0 aromatic carbocycles. The van der Waals surface area contributed by atoms with Gasteiger partial charge in [-0.2, -0.15) is 0 Å². The van der Waals surface area contributed by atoms with Gasteiger partial charge in [0.2, 0.25) is 11.8 Å². The van der Waals surface area contributed by atoms with Crippen molar-refractivity contribution in [3.05, 3.63) is 18.4 Å². The lowest BCUT2D eigenvalue weighted by Gasteiger charge is -1.99. The highest BCUT2D eigenvalue weighted by Gasteiger charge is 2.13. The molecule has 0 bridgehead atoms. The molecule has 2 N–H and O–H groups in total. The van der Waals surface area contributed by atoms with Gasteiger partial charge < -0.3 is 10.2 Å². The molecule has 0 aliphatic rings. The van der Waals surface area contributed by atoms with E-state index in [-0.39, 0.29) is 6.04 Å². The van der Waals surface area contributed by atoms with Gasteiger partial charge in [-0.15, -0.1) is 22.5 Å². The molecule has 0 aliphatic carbocycles. The van der Waals surface area contributed by atoms with Crippen LogP contribution in [0.5, 0.6) is 0 Å². The minimum absolute atomic E-state index is 0.357. The lowest BCUT2D eigenvalue weighted by Crippen LogP contribution is -2.09. The Hall–Kier alpha value is -1.60. The molecule has 1 rings (SSSR count). The van der Waals surface area contributed by atoms with Crippen molar-refractivity contribution in [3.8, 4) is 12.3 Å². The minimum Gasteiger partial charge on any atom is -0.419 e.